The van der Waals surface area contributed by atoms with E-state index in [1.807, 2.05) is 25.1 Å². The van der Waals surface area contributed by atoms with Crippen molar-refractivity contribution in [3.63, 3.8) is 0 Å². The van der Waals surface area contributed by atoms with Crippen LogP contribution in [0.3, 0.4) is 0 Å². The van der Waals surface area contributed by atoms with E-state index < -0.39 is 10.0 Å². The summed E-state index contributed by atoms with van der Waals surface area (Å²) in [4.78, 5) is 4.13. The van der Waals surface area contributed by atoms with Crippen molar-refractivity contribution in [1.29, 1.82) is 0 Å². The Morgan fingerprint density at radius 1 is 1.21 bits per heavy atom. The minimum Gasteiger partial charge on any atom is -0.496 e. The molecule has 3 N–H and O–H groups in total. The number of methoxy groups -OCH3 is 1. The third kappa shape index (κ3) is 7.39. The summed E-state index contributed by atoms with van der Waals surface area (Å²) >= 11 is 6.80. The third-order valence-corrected chi connectivity index (χ3v) is 6.82. The van der Waals surface area contributed by atoms with E-state index in [0.717, 1.165) is 28.2 Å². The Hall–Kier alpha value is -1.08. The SMILES string of the molecule is CN=C(NCCNS(=O)(=O)c1ccc(Cl)s1)NCc1ccc(C)cc1OC.I. The average molecular weight is 559 g/mol. The van der Waals surface area contributed by atoms with Crippen LogP contribution in [0, 0.1) is 6.92 Å². The molecule has 1 aromatic carbocycles. The standard InChI is InChI=1S/C17H23ClN4O3S2.HI/c1-12-4-5-13(14(10-12)25-3)11-21-17(19-2)20-8-9-22-27(23,24)16-7-6-15(18)26-16;/h4-7,10,22H,8-9,11H2,1-3H3,(H2,19,20,21);1H. The lowest BCUT2D eigenvalue weighted by Gasteiger charge is -2.14. The molecule has 28 heavy (non-hydrogen) atoms. The summed E-state index contributed by atoms with van der Waals surface area (Å²) in [5.41, 5.74) is 2.12. The van der Waals surface area contributed by atoms with Gasteiger partial charge in [-0.1, -0.05) is 23.7 Å². The van der Waals surface area contributed by atoms with Gasteiger partial charge in [-0.15, -0.1) is 35.3 Å². The molecule has 1 aromatic heterocycles. The van der Waals surface area contributed by atoms with Crippen molar-refractivity contribution in [2.75, 3.05) is 27.2 Å². The lowest BCUT2D eigenvalue weighted by molar-refractivity contribution is 0.408. The highest BCUT2D eigenvalue weighted by Crippen LogP contribution is 2.25. The number of nitrogens with zero attached hydrogens (tertiary/aromatic N) is 1. The Kier molecular flexibility index (Phi) is 10.5. The van der Waals surface area contributed by atoms with E-state index in [0.29, 0.717) is 23.4 Å². The molecule has 0 amide bonds. The summed E-state index contributed by atoms with van der Waals surface area (Å²) < 4.78 is 32.8. The Bertz CT molecular complexity index is 904. The predicted molar refractivity (Wildman–Crippen MR) is 126 cm³/mol. The topological polar surface area (TPSA) is 91.8 Å². The summed E-state index contributed by atoms with van der Waals surface area (Å²) in [6, 6.07) is 9.03. The molecule has 7 nitrogen and oxygen atoms in total. The molecule has 0 bridgehead atoms. The van der Waals surface area contributed by atoms with Gasteiger partial charge >= 0.3 is 0 Å². The molecule has 0 aliphatic rings. The van der Waals surface area contributed by atoms with Crippen LogP contribution in [0.5, 0.6) is 5.75 Å². The van der Waals surface area contributed by atoms with Gasteiger partial charge in [0.05, 0.1) is 11.4 Å². The highest BCUT2D eigenvalue weighted by molar-refractivity contribution is 14.0. The largest absolute Gasteiger partial charge is 0.496 e. The molecular weight excluding hydrogens is 535 g/mol. The fraction of sp³-hybridized carbons (Fsp3) is 0.353. The zero-order valence-corrected chi connectivity index (χ0v) is 20.5. The van der Waals surface area contributed by atoms with Crippen LogP contribution < -0.4 is 20.1 Å². The molecule has 0 saturated heterocycles. The Morgan fingerprint density at radius 3 is 2.57 bits per heavy atom. The number of rotatable bonds is 8. The third-order valence-electron chi connectivity index (χ3n) is 3.64. The zero-order valence-electron chi connectivity index (χ0n) is 15.8. The zero-order chi connectivity index (χ0) is 19.9. The van der Waals surface area contributed by atoms with Crippen LogP contribution in [-0.2, 0) is 16.6 Å². The minimum absolute atomic E-state index is 0. The Balaban J connectivity index is 0.00000392. The normalized spacial score (nSPS) is 11.6. The van der Waals surface area contributed by atoms with Gasteiger partial charge in [0, 0.05) is 32.2 Å². The second-order valence-corrected chi connectivity index (χ2v) is 9.33. The molecule has 0 saturated carbocycles. The highest BCUT2D eigenvalue weighted by atomic mass is 127. The smallest absolute Gasteiger partial charge is 0.250 e. The summed E-state index contributed by atoms with van der Waals surface area (Å²) in [6.07, 6.45) is 0. The average Bonchev–Trinajstić information content (AvgIpc) is 3.09. The summed E-state index contributed by atoms with van der Waals surface area (Å²) in [7, 11) is -0.256. The monoisotopic (exact) mass is 558 g/mol. The van der Waals surface area contributed by atoms with Crippen LogP contribution in [0.2, 0.25) is 4.34 Å². The lowest BCUT2D eigenvalue weighted by Crippen LogP contribution is -2.41. The van der Waals surface area contributed by atoms with Crippen molar-refractivity contribution >= 4 is 62.9 Å². The number of guanidine groups is 1. The minimum atomic E-state index is -3.55. The molecule has 0 spiro atoms. The fourth-order valence-corrected chi connectivity index (χ4v) is 4.84. The van der Waals surface area contributed by atoms with E-state index >= 15 is 0 Å². The first-order valence-electron chi connectivity index (χ1n) is 8.18. The lowest BCUT2D eigenvalue weighted by atomic mass is 10.1. The van der Waals surface area contributed by atoms with Crippen LogP contribution in [0.1, 0.15) is 11.1 Å². The van der Waals surface area contributed by atoms with Crippen molar-refractivity contribution in [3.05, 3.63) is 45.8 Å². The van der Waals surface area contributed by atoms with Crippen molar-refractivity contribution in [3.8, 4) is 5.75 Å². The van der Waals surface area contributed by atoms with E-state index in [2.05, 4.69) is 20.3 Å². The van der Waals surface area contributed by atoms with Gasteiger partial charge < -0.3 is 15.4 Å². The maximum Gasteiger partial charge on any atom is 0.250 e. The maximum atomic E-state index is 12.1. The molecule has 0 aliphatic carbocycles. The quantitative estimate of drug-likeness (QED) is 0.201. The number of aryl methyl sites for hydroxylation is 1. The van der Waals surface area contributed by atoms with Crippen LogP contribution in [0.25, 0.3) is 0 Å². The number of ether oxygens (including phenoxy) is 1. The number of thiophene rings is 1. The number of aliphatic imine (C=N–C) groups is 1. The molecule has 2 rings (SSSR count). The summed E-state index contributed by atoms with van der Waals surface area (Å²) in [5.74, 6) is 1.37. The molecule has 2 aromatic rings. The predicted octanol–water partition coefficient (Wildman–Crippen LogP) is 2.98. The molecular formula is C17H24ClIN4O3S2. The molecule has 0 radical (unpaired) electrons. The molecule has 0 atom stereocenters. The van der Waals surface area contributed by atoms with Crippen molar-refractivity contribution in [2.45, 2.75) is 17.7 Å². The summed E-state index contributed by atoms with van der Waals surface area (Å²) in [6.45, 7) is 3.13. The molecule has 0 unspecified atom stereocenters. The number of benzene rings is 1. The second kappa shape index (κ2) is 11.8. The molecule has 1 heterocycles. The first-order valence-corrected chi connectivity index (χ1v) is 10.9. The van der Waals surface area contributed by atoms with E-state index in [4.69, 9.17) is 16.3 Å². The summed E-state index contributed by atoms with van der Waals surface area (Å²) in [5, 5.41) is 6.25. The number of nitrogens with one attached hydrogen (secondary N) is 3. The molecule has 156 valence electrons. The first kappa shape index (κ1) is 25.0. The van der Waals surface area contributed by atoms with Gasteiger partial charge in [0.1, 0.15) is 9.96 Å². The molecule has 0 fully saturated rings. The van der Waals surface area contributed by atoms with Gasteiger partial charge in [0.25, 0.3) is 0 Å². The first-order chi connectivity index (χ1) is 12.9. The van der Waals surface area contributed by atoms with Crippen LogP contribution >= 0.6 is 46.9 Å². The Labute approximate surface area is 192 Å². The maximum absolute atomic E-state index is 12.1. The highest BCUT2D eigenvalue weighted by Gasteiger charge is 2.15. The number of hydrogen-bond donors (Lipinski definition) is 3. The number of sulfonamides is 1. The van der Waals surface area contributed by atoms with Crippen LogP contribution in [-0.4, -0.2) is 41.6 Å². The van der Waals surface area contributed by atoms with Gasteiger partial charge in [0.2, 0.25) is 10.0 Å². The van der Waals surface area contributed by atoms with E-state index in [9.17, 15) is 8.42 Å². The van der Waals surface area contributed by atoms with E-state index in [-0.39, 0.29) is 34.7 Å². The van der Waals surface area contributed by atoms with Gasteiger partial charge in [0.15, 0.2) is 5.96 Å². The second-order valence-electron chi connectivity index (χ2n) is 5.62. The van der Waals surface area contributed by atoms with Gasteiger partial charge in [-0.2, -0.15) is 0 Å². The van der Waals surface area contributed by atoms with Crippen LogP contribution in [0.4, 0.5) is 0 Å². The fourth-order valence-electron chi connectivity index (χ4n) is 2.28. The number of hydrogen-bond acceptors (Lipinski definition) is 5. The van der Waals surface area contributed by atoms with Gasteiger partial charge in [-0.25, -0.2) is 13.1 Å². The van der Waals surface area contributed by atoms with Crippen molar-refractivity contribution in [1.82, 2.24) is 15.4 Å². The Morgan fingerprint density at radius 2 is 1.96 bits per heavy atom. The van der Waals surface area contributed by atoms with Crippen LogP contribution in [0.15, 0.2) is 39.5 Å². The molecule has 0 aliphatic heterocycles. The molecule has 11 heteroatoms. The number of halogens is 2. The van der Waals surface area contributed by atoms with Crippen molar-refractivity contribution in [2.24, 2.45) is 4.99 Å². The van der Waals surface area contributed by atoms with E-state index in [1.165, 1.54) is 6.07 Å². The van der Waals surface area contributed by atoms with E-state index in [1.54, 1.807) is 20.2 Å². The van der Waals surface area contributed by atoms with Crippen molar-refractivity contribution < 1.29 is 13.2 Å². The van der Waals surface area contributed by atoms with Gasteiger partial charge in [-0.05, 0) is 30.7 Å². The van der Waals surface area contributed by atoms with Gasteiger partial charge in [-0.3, -0.25) is 4.99 Å².